The molecule has 0 spiro atoms. The van der Waals surface area contributed by atoms with Crippen molar-refractivity contribution in [2.45, 2.75) is 19.3 Å². The fourth-order valence-electron chi connectivity index (χ4n) is 2.25. The van der Waals surface area contributed by atoms with Crippen LogP contribution in [-0.2, 0) is 11.2 Å². The lowest BCUT2D eigenvalue weighted by molar-refractivity contribution is -0.121. The van der Waals surface area contributed by atoms with Gasteiger partial charge < -0.3 is 9.64 Å². The van der Waals surface area contributed by atoms with Crippen molar-refractivity contribution < 1.29 is 13.9 Å². The molecule has 0 aliphatic carbocycles. The fraction of sp³-hybridized carbons (Fsp3) is 0.500. The quantitative estimate of drug-likeness (QED) is 0.820. The van der Waals surface area contributed by atoms with Crippen LogP contribution in [0.3, 0.4) is 0 Å². The summed E-state index contributed by atoms with van der Waals surface area (Å²) in [6.07, 6.45) is 2.02. The first-order valence-corrected chi connectivity index (χ1v) is 6.25. The van der Waals surface area contributed by atoms with Crippen LogP contribution in [0.5, 0.6) is 5.75 Å². The van der Waals surface area contributed by atoms with Gasteiger partial charge in [-0.05, 0) is 30.2 Å². The number of likely N-dealkylation sites (tertiary alicyclic amines) is 1. The molecule has 1 aliphatic rings. The van der Waals surface area contributed by atoms with Gasteiger partial charge >= 0.3 is 0 Å². The van der Waals surface area contributed by atoms with Crippen LogP contribution in [0.25, 0.3) is 0 Å². The molecule has 2 rings (SSSR count). The third kappa shape index (κ3) is 3.29. The number of nitrogens with zero attached hydrogens (tertiary/aromatic N) is 1. The van der Waals surface area contributed by atoms with Gasteiger partial charge in [0.25, 0.3) is 0 Å². The molecule has 0 aromatic heterocycles. The van der Waals surface area contributed by atoms with Gasteiger partial charge in [0, 0.05) is 32.5 Å². The van der Waals surface area contributed by atoms with Crippen molar-refractivity contribution in [2.24, 2.45) is 0 Å². The van der Waals surface area contributed by atoms with E-state index in [-0.39, 0.29) is 5.82 Å². The first-order valence-electron chi connectivity index (χ1n) is 6.25. The molecule has 0 atom stereocenters. The molecule has 4 heteroatoms. The van der Waals surface area contributed by atoms with Crippen LogP contribution in [0.2, 0.25) is 0 Å². The number of hydrogen-bond donors (Lipinski definition) is 0. The van der Waals surface area contributed by atoms with E-state index in [1.54, 1.807) is 13.2 Å². The Morgan fingerprint density at radius 3 is 2.72 bits per heavy atom. The largest absolute Gasteiger partial charge is 0.496 e. The van der Waals surface area contributed by atoms with E-state index in [9.17, 15) is 9.18 Å². The summed E-state index contributed by atoms with van der Waals surface area (Å²) < 4.78 is 18.4. The number of halogens is 1. The molecule has 1 aromatic rings. The number of ketones is 1. The zero-order valence-electron chi connectivity index (χ0n) is 10.6. The Balaban J connectivity index is 1.93. The van der Waals surface area contributed by atoms with Gasteiger partial charge in [0.15, 0.2) is 0 Å². The molecule has 0 N–H and O–H groups in total. The number of Topliss-reactive ketones (excluding diaryl/α,β-unsaturated/α-hetero) is 1. The number of hydrogen-bond acceptors (Lipinski definition) is 3. The normalized spacial score (nSPS) is 16.9. The van der Waals surface area contributed by atoms with Crippen molar-refractivity contribution in [2.75, 3.05) is 26.7 Å². The van der Waals surface area contributed by atoms with E-state index < -0.39 is 0 Å². The van der Waals surface area contributed by atoms with Crippen molar-refractivity contribution in [3.05, 3.63) is 29.6 Å². The minimum absolute atomic E-state index is 0.236. The summed E-state index contributed by atoms with van der Waals surface area (Å²) in [7, 11) is 1.59. The summed E-state index contributed by atoms with van der Waals surface area (Å²) in [5.74, 6) is 0.832. The lowest BCUT2D eigenvalue weighted by Gasteiger charge is -2.25. The highest BCUT2D eigenvalue weighted by Crippen LogP contribution is 2.20. The maximum Gasteiger partial charge on any atom is 0.135 e. The van der Waals surface area contributed by atoms with E-state index >= 15 is 0 Å². The van der Waals surface area contributed by atoms with Crippen LogP contribution in [0.1, 0.15) is 18.4 Å². The molecule has 1 aromatic carbocycles. The predicted molar refractivity (Wildman–Crippen MR) is 67.3 cm³/mol. The van der Waals surface area contributed by atoms with Crippen LogP contribution >= 0.6 is 0 Å². The Kier molecular flexibility index (Phi) is 4.31. The van der Waals surface area contributed by atoms with Crippen LogP contribution in [0, 0.1) is 5.82 Å². The number of rotatable bonds is 4. The predicted octanol–water partition coefficient (Wildman–Crippen LogP) is 2.04. The molecule has 0 amide bonds. The topological polar surface area (TPSA) is 29.5 Å². The van der Waals surface area contributed by atoms with Crippen molar-refractivity contribution >= 4 is 5.78 Å². The Bertz CT molecular complexity index is 424. The van der Waals surface area contributed by atoms with Gasteiger partial charge in [-0.3, -0.25) is 4.79 Å². The highest BCUT2D eigenvalue weighted by molar-refractivity contribution is 5.79. The SMILES string of the molecule is COc1ccc(F)cc1CCN1CCC(=O)CC1. The number of benzene rings is 1. The monoisotopic (exact) mass is 251 g/mol. The van der Waals surface area contributed by atoms with Crippen molar-refractivity contribution in [3.8, 4) is 5.75 Å². The molecule has 18 heavy (non-hydrogen) atoms. The summed E-state index contributed by atoms with van der Waals surface area (Å²) in [5.41, 5.74) is 0.884. The maximum atomic E-state index is 13.2. The summed E-state index contributed by atoms with van der Waals surface area (Å²) in [4.78, 5) is 13.4. The molecular formula is C14H18FNO2. The molecule has 0 saturated carbocycles. The van der Waals surface area contributed by atoms with Gasteiger partial charge in [-0.25, -0.2) is 4.39 Å². The number of methoxy groups -OCH3 is 1. The Labute approximate surface area is 107 Å². The van der Waals surface area contributed by atoms with Crippen LogP contribution in [0.4, 0.5) is 4.39 Å². The number of piperidine rings is 1. The third-order valence-electron chi connectivity index (χ3n) is 3.35. The lowest BCUT2D eigenvalue weighted by Crippen LogP contribution is -2.35. The summed E-state index contributed by atoms with van der Waals surface area (Å²) in [6.45, 7) is 2.47. The highest BCUT2D eigenvalue weighted by atomic mass is 19.1. The van der Waals surface area contributed by atoms with E-state index in [2.05, 4.69) is 4.90 Å². The maximum absolute atomic E-state index is 13.2. The van der Waals surface area contributed by atoms with Gasteiger partial charge in [0.2, 0.25) is 0 Å². The zero-order valence-corrected chi connectivity index (χ0v) is 10.6. The van der Waals surface area contributed by atoms with E-state index in [4.69, 9.17) is 4.74 Å². The summed E-state index contributed by atoms with van der Waals surface area (Å²) in [5, 5.41) is 0. The molecule has 1 heterocycles. The number of carbonyl (C=O) groups is 1. The Morgan fingerprint density at radius 1 is 1.33 bits per heavy atom. The fourth-order valence-corrected chi connectivity index (χ4v) is 2.25. The van der Waals surface area contributed by atoms with Crippen molar-refractivity contribution in [1.29, 1.82) is 0 Å². The number of ether oxygens (including phenoxy) is 1. The molecule has 3 nitrogen and oxygen atoms in total. The first-order chi connectivity index (χ1) is 8.69. The van der Waals surface area contributed by atoms with Gasteiger partial charge in [-0.15, -0.1) is 0 Å². The molecule has 0 radical (unpaired) electrons. The van der Waals surface area contributed by atoms with Crippen LogP contribution in [-0.4, -0.2) is 37.4 Å². The van der Waals surface area contributed by atoms with E-state index in [0.29, 0.717) is 18.6 Å². The standard InChI is InChI=1S/C14H18FNO2/c1-18-14-3-2-12(15)10-11(14)4-7-16-8-5-13(17)6-9-16/h2-3,10H,4-9H2,1H3. The molecule has 1 aliphatic heterocycles. The van der Waals surface area contributed by atoms with E-state index in [0.717, 1.165) is 37.4 Å². The third-order valence-corrected chi connectivity index (χ3v) is 3.35. The van der Waals surface area contributed by atoms with Gasteiger partial charge in [0.1, 0.15) is 17.3 Å². The lowest BCUT2D eigenvalue weighted by atomic mass is 10.1. The highest BCUT2D eigenvalue weighted by Gasteiger charge is 2.16. The van der Waals surface area contributed by atoms with E-state index in [1.165, 1.54) is 12.1 Å². The smallest absolute Gasteiger partial charge is 0.135 e. The molecule has 1 fully saturated rings. The minimum Gasteiger partial charge on any atom is -0.496 e. The molecule has 0 bridgehead atoms. The average molecular weight is 251 g/mol. The Hall–Kier alpha value is -1.42. The minimum atomic E-state index is -0.236. The number of carbonyl (C=O) groups excluding carboxylic acids is 1. The molecule has 0 unspecified atom stereocenters. The second-order valence-corrected chi connectivity index (χ2v) is 4.59. The van der Waals surface area contributed by atoms with Gasteiger partial charge in [-0.1, -0.05) is 0 Å². The van der Waals surface area contributed by atoms with Gasteiger partial charge in [-0.2, -0.15) is 0 Å². The Morgan fingerprint density at radius 2 is 2.06 bits per heavy atom. The van der Waals surface area contributed by atoms with Crippen molar-refractivity contribution in [1.82, 2.24) is 4.90 Å². The average Bonchev–Trinajstić information content (AvgIpc) is 2.38. The summed E-state index contributed by atoms with van der Waals surface area (Å²) in [6, 6.07) is 4.58. The van der Waals surface area contributed by atoms with Crippen molar-refractivity contribution in [3.63, 3.8) is 0 Å². The second-order valence-electron chi connectivity index (χ2n) is 4.59. The molecule has 1 saturated heterocycles. The van der Waals surface area contributed by atoms with Gasteiger partial charge in [0.05, 0.1) is 7.11 Å². The summed E-state index contributed by atoms with van der Waals surface area (Å²) >= 11 is 0. The van der Waals surface area contributed by atoms with Crippen LogP contribution < -0.4 is 4.74 Å². The van der Waals surface area contributed by atoms with E-state index in [1.807, 2.05) is 0 Å². The zero-order chi connectivity index (χ0) is 13.0. The first kappa shape index (κ1) is 13.0. The molecule has 98 valence electrons. The van der Waals surface area contributed by atoms with Crippen LogP contribution in [0.15, 0.2) is 18.2 Å². The second kappa shape index (κ2) is 5.96. The molecular weight excluding hydrogens is 233 g/mol.